The molecule has 2 rings (SSSR count). The van der Waals surface area contributed by atoms with Crippen LogP contribution in [0.1, 0.15) is 37.0 Å². The fraction of sp³-hybridized carbons (Fsp3) is 0.471. The van der Waals surface area contributed by atoms with Gasteiger partial charge in [0.15, 0.2) is 0 Å². The lowest BCUT2D eigenvalue weighted by molar-refractivity contribution is 0.569. The molecule has 0 fully saturated rings. The average molecular weight is 306 g/mol. The van der Waals surface area contributed by atoms with E-state index in [1.165, 1.54) is 22.8 Å². The third kappa shape index (κ3) is 5.21. The molecule has 0 amide bonds. The molecular weight excluding hydrogens is 283 g/mol. The Hall–Kier alpha value is -1.26. The summed E-state index contributed by atoms with van der Waals surface area (Å²) < 4.78 is 12.8. The minimum Gasteiger partial charge on any atom is -0.316 e. The number of rotatable bonds is 6. The number of benzene rings is 1. The van der Waals surface area contributed by atoms with Gasteiger partial charge in [-0.1, -0.05) is 32.9 Å². The van der Waals surface area contributed by atoms with Crippen molar-refractivity contribution in [1.82, 2.24) is 10.3 Å². The van der Waals surface area contributed by atoms with Crippen LogP contribution in [0.5, 0.6) is 0 Å². The van der Waals surface area contributed by atoms with Gasteiger partial charge in [0, 0.05) is 23.8 Å². The molecule has 1 N–H and O–H groups in total. The number of halogens is 1. The number of hydrogen-bond donors (Lipinski definition) is 1. The second kappa shape index (κ2) is 7.14. The largest absolute Gasteiger partial charge is 0.316 e. The molecule has 1 heterocycles. The summed E-state index contributed by atoms with van der Waals surface area (Å²) in [5, 5.41) is 6.77. The normalized spacial score (nSPS) is 11.8. The number of hydrogen-bond acceptors (Lipinski definition) is 3. The zero-order valence-electron chi connectivity index (χ0n) is 12.9. The van der Waals surface area contributed by atoms with Crippen molar-refractivity contribution < 1.29 is 4.39 Å². The second-order valence-corrected chi connectivity index (χ2v) is 7.20. The Morgan fingerprint density at radius 1 is 1.10 bits per heavy atom. The van der Waals surface area contributed by atoms with Crippen LogP contribution in [0.2, 0.25) is 0 Å². The summed E-state index contributed by atoms with van der Waals surface area (Å²) in [5.41, 5.74) is 2.46. The lowest BCUT2D eigenvalue weighted by atomic mass is 9.93. The highest BCUT2D eigenvalue weighted by molar-refractivity contribution is 7.09. The van der Waals surface area contributed by atoms with Crippen LogP contribution in [0.4, 0.5) is 4.39 Å². The van der Waals surface area contributed by atoms with E-state index in [2.05, 4.69) is 36.5 Å². The molecule has 114 valence electrons. The summed E-state index contributed by atoms with van der Waals surface area (Å²) in [6, 6.07) is 6.71. The van der Waals surface area contributed by atoms with Crippen LogP contribution in [0.3, 0.4) is 0 Å². The van der Waals surface area contributed by atoms with Crippen molar-refractivity contribution in [1.29, 1.82) is 0 Å². The van der Waals surface area contributed by atoms with E-state index in [1.54, 1.807) is 11.3 Å². The van der Waals surface area contributed by atoms with E-state index in [9.17, 15) is 4.39 Å². The molecule has 0 saturated heterocycles. The van der Waals surface area contributed by atoms with Crippen molar-refractivity contribution in [3.05, 3.63) is 51.7 Å². The van der Waals surface area contributed by atoms with Crippen LogP contribution in [0.25, 0.3) is 0 Å². The van der Waals surface area contributed by atoms with Crippen molar-refractivity contribution >= 4 is 11.3 Å². The quantitative estimate of drug-likeness (QED) is 0.817. The fourth-order valence-electron chi connectivity index (χ4n) is 1.97. The molecule has 0 bridgehead atoms. The van der Waals surface area contributed by atoms with E-state index in [0.717, 1.165) is 31.5 Å². The minimum absolute atomic E-state index is 0.130. The van der Waals surface area contributed by atoms with Gasteiger partial charge in [0.25, 0.3) is 0 Å². The average Bonchev–Trinajstić information content (AvgIpc) is 2.89. The SMILES string of the molecule is CC(C)(C)c1csc(CCNCCc2ccc(F)cc2)n1. The molecule has 0 aliphatic heterocycles. The Morgan fingerprint density at radius 2 is 1.76 bits per heavy atom. The maximum absolute atomic E-state index is 12.8. The number of nitrogens with zero attached hydrogens (tertiary/aromatic N) is 1. The summed E-state index contributed by atoms with van der Waals surface area (Å²) in [7, 11) is 0. The predicted molar refractivity (Wildman–Crippen MR) is 87.5 cm³/mol. The lowest BCUT2D eigenvalue weighted by Crippen LogP contribution is -2.20. The zero-order valence-corrected chi connectivity index (χ0v) is 13.8. The van der Waals surface area contributed by atoms with E-state index in [-0.39, 0.29) is 11.2 Å². The summed E-state index contributed by atoms with van der Waals surface area (Å²) in [4.78, 5) is 4.68. The van der Waals surface area contributed by atoms with Gasteiger partial charge in [-0.05, 0) is 30.7 Å². The van der Waals surface area contributed by atoms with Crippen LogP contribution in [0.15, 0.2) is 29.6 Å². The van der Waals surface area contributed by atoms with Gasteiger partial charge < -0.3 is 5.32 Å². The van der Waals surface area contributed by atoms with Crippen molar-refractivity contribution in [2.45, 2.75) is 39.0 Å². The molecule has 0 unspecified atom stereocenters. The van der Waals surface area contributed by atoms with Gasteiger partial charge in [-0.3, -0.25) is 0 Å². The van der Waals surface area contributed by atoms with Crippen LogP contribution >= 0.6 is 11.3 Å². The topological polar surface area (TPSA) is 24.9 Å². The second-order valence-electron chi connectivity index (χ2n) is 6.25. The molecule has 21 heavy (non-hydrogen) atoms. The van der Waals surface area contributed by atoms with Crippen LogP contribution in [-0.2, 0) is 18.3 Å². The first-order valence-corrected chi connectivity index (χ1v) is 8.23. The Balaban J connectivity index is 1.68. The molecule has 0 radical (unpaired) electrons. The Kier molecular flexibility index (Phi) is 5.48. The molecular formula is C17H23FN2S. The van der Waals surface area contributed by atoms with Crippen molar-refractivity contribution in [3.8, 4) is 0 Å². The smallest absolute Gasteiger partial charge is 0.123 e. The van der Waals surface area contributed by atoms with Gasteiger partial charge in [0.1, 0.15) is 5.82 Å². The van der Waals surface area contributed by atoms with Gasteiger partial charge in [0.2, 0.25) is 0 Å². The van der Waals surface area contributed by atoms with E-state index < -0.39 is 0 Å². The maximum atomic E-state index is 12.8. The standard InChI is InChI=1S/C17H23FN2S/c1-17(2,3)15-12-21-16(20-15)9-11-19-10-8-13-4-6-14(18)7-5-13/h4-7,12,19H,8-11H2,1-3H3. The number of aromatic nitrogens is 1. The molecule has 0 aliphatic carbocycles. The highest BCUT2D eigenvalue weighted by Crippen LogP contribution is 2.23. The fourth-order valence-corrected chi connectivity index (χ4v) is 3.00. The molecule has 1 aromatic carbocycles. The van der Waals surface area contributed by atoms with Crippen molar-refractivity contribution in [2.24, 2.45) is 0 Å². The lowest BCUT2D eigenvalue weighted by Gasteiger charge is -2.14. The Morgan fingerprint density at radius 3 is 2.38 bits per heavy atom. The van der Waals surface area contributed by atoms with Crippen LogP contribution in [0, 0.1) is 5.82 Å². The third-order valence-corrected chi connectivity index (χ3v) is 4.25. The van der Waals surface area contributed by atoms with Gasteiger partial charge in [-0.15, -0.1) is 11.3 Å². The van der Waals surface area contributed by atoms with E-state index >= 15 is 0 Å². The van der Waals surface area contributed by atoms with E-state index in [0.29, 0.717) is 0 Å². The summed E-state index contributed by atoms with van der Waals surface area (Å²) in [6.45, 7) is 8.40. The monoisotopic (exact) mass is 306 g/mol. The zero-order chi connectivity index (χ0) is 15.3. The highest BCUT2D eigenvalue weighted by atomic mass is 32.1. The molecule has 2 aromatic rings. The first-order chi connectivity index (χ1) is 9.95. The van der Waals surface area contributed by atoms with E-state index in [1.807, 2.05) is 12.1 Å². The van der Waals surface area contributed by atoms with E-state index in [4.69, 9.17) is 0 Å². The predicted octanol–water partition coefficient (Wildman–Crippen LogP) is 3.95. The van der Waals surface area contributed by atoms with Crippen molar-refractivity contribution in [2.75, 3.05) is 13.1 Å². The van der Waals surface area contributed by atoms with Gasteiger partial charge in [-0.2, -0.15) is 0 Å². The van der Waals surface area contributed by atoms with Gasteiger partial charge >= 0.3 is 0 Å². The summed E-state index contributed by atoms with van der Waals surface area (Å²) in [5.74, 6) is -0.176. The molecule has 0 spiro atoms. The maximum Gasteiger partial charge on any atom is 0.123 e. The molecule has 2 nitrogen and oxygen atoms in total. The molecule has 0 saturated carbocycles. The Labute approximate surface area is 130 Å². The third-order valence-electron chi connectivity index (χ3n) is 3.34. The molecule has 4 heteroatoms. The first kappa shape index (κ1) is 16.1. The number of thiazole rings is 1. The van der Waals surface area contributed by atoms with Gasteiger partial charge in [-0.25, -0.2) is 9.37 Å². The van der Waals surface area contributed by atoms with Crippen LogP contribution < -0.4 is 5.32 Å². The highest BCUT2D eigenvalue weighted by Gasteiger charge is 2.16. The summed E-state index contributed by atoms with van der Waals surface area (Å²) in [6.07, 6.45) is 1.88. The molecule has 0 aliphatic rings. The Bertz CT molecular complexity index is 555. The molecule has 0 atom stereocenters. The summed E-state index contributed by atoms with van der Waals surface area (Å²) >= 11 is 1.74. The number of nitrogens with one attached hydrogen (secondary N) is 1. The van der Waals surface area contributed by atoms with Crippen molar-refractivity contribution in [3.63, 3.8) is 0 Å². The minimum atomic E-state index is -0.176. The molecule has 1 aromatic heterocycles. The van der Waals surface area contributed by atoms with Crippen LogP contribution in [-0.4, -0.2) is 18.1 Å². The first-order valence-electron chi connectivity index (χ1n) is 7.35. The van der Waals surface area contributed by atoms with Gasteiger partial charge in [0.05, 0.1) is 10.7 Å².